The van der Waals surface area contributed by atoms with Crippen LogP contribution in [0.2, 0.25) is 0 Å². The van der Waals surface area contributed by atoms with Crippen LogP contribution in [0, 0.1) is 12.3 Å². The van der Waals surface area contributed by atoms with Crippen LogP contribution in [0.5, 0.6) is 0 Å². The van der Waals surface area contributed by atoms with Crippen LogP contribution in [-0.4, -0.2) is 20.0 Å². The van der Waals surface area contributed by atoms with Crippen LogP contribution in [0.25, 0.3) is 0 Å². The molecule has 0 amide bonds. The van der Waals surface area contributed by atoms with Gasteiger partial charge >= 0.3 is 0 Å². The second kappa shape index (κ2) is 5.61. The van der Waals surface area contributed by atoms with E-state index >= 15 is 0 Å². The Morgan fingerprint density at radius 1 is 1.67 bits per heavy atom. The van der Waals surface area contributed by atoms with Crippen LogP contribution in [-0.2, 0) is 9.47 Å². The number of hydrogen-bond acceptors (Lipinski definition) is 2. The third-order valence-corrected chi connectivity index (χ3v) is 0.949. The zero-order chi connectivity index (χ0) is 7.11. The largest absolute Gasteiger partial charge is 0.356 e. The van der Waals surface area contributed by atoms with Crippen LogP contribution >= 0.6 is 0 Å². The van der Waals surface area contributed by atoms with Crippen LogP contribution in [0.3, 0.4) is 0 Å². The maximum Gasteiger partial charge on any atom is 0.158 e. The lowest BCUT2D eigenvalue weighted by atomic mass is 10.5. The average Bonchev–Trinajstić information content (AvgIpc) is 1.91. The van der Waals surface area contributed by atoms with Crippen molar-refractivity contribution in [2.45, 2.75) is 19.6 Å². The predicted octanol–water partition coefficient (Wildman–Crippen LogP) is 1.02. The SMILES string of the molecule is C#CCOC(CC)OC. The van der Waals surface area contributed by atoms with Crippen LogP contribution in [0.15, 0.2) is 0 Å². The Labute approximate surface area is 56.2 Å². The molecule has 0 radical (unpaired) electrons. The van der Waals surface area contributed by atoms with E-state index in [2.05, 4.69) is 5.92 Å². The van der Waals surface area contributed by atoms with Gasteiger partial charge in [-0.1, -0.05) is 12.8 Å². The van der Waals surface area contributed by atoms with Crippen molar-refractivity contribution in [2.24, 2.45) is 0 Å². The van der Waals surface area contributed by atoms with Gasteiger partial charge in [0.15, 0.2) is 6.29 Å². The molecule has 0 spiro atoms. The summed E-state index contributed by atoms with van der Waals surface area (Å²) in [5, 5.41) is 0. The third kappa shape index (κ3) is 4.01. The summed E-state index contributed by atoms with van der Waals surface area (Å²) in [5.41, 5.74) is 0. The number of ether oxygens (including phenoxy) is 2. The molecule has 1 atom stereocenters. The lowest BCUT2D eigenvalue weighted by Crippen LogP contribution is -2.13. The van der Waals surface area contributed by atoms with Crippen molar-refractivity contribution in [2.75, 3.05) is 13.7 Å². The standard InChI is InChI=1S/C7H12O2/c1-4-6-9-7(5-2)8-3/h1,7H,5-6H2,2-3H3. The van der Waals surface area contributed by atoms with E-state index in [9.17, 15) is 0 Å². The van der Waals surface area contributed by atoms with Crippen LogP contribution in [0.1, 0.15) is 13.3 Å². The fourth-order valence-electron chi connectivity index (χ4n) is 0.494. The molecule has 0 aromatic rings. The van der Waals surface area contributed by atoms with Gasteiger partial charge in [-0.05, 0) is 6.42 Å². The number of methoxy groups -OCH3 is 1. The molecule has 52 valence electrons. The zero-order valence-corrected chi connectivity index (χ0v) is 5.89. The molecule has 0 fully saturated rings. The fourth-order valence-corrected chi connectivity index (χ4v) is 0.494. The van der Waals surface area contributed by atoms with Gasteiger partial charge in [-0.25, -0.2) is 0 Å². The van der Waals surface area contributed by atoms with Gasteiger partial charge in [0.25, 0.3) is 0 Å². The Balaban J connectivity index is 3.22. The van der Waals surface area contributed by atoms with Gasteiger partial charge in [0.1, 0.15) is 6.61 Å². The highest BCUT2D eigenvalue weighted by Gasteiger charge is 2.00. The summed E-state index contributed by atoms with van der Waals surface area (Å²) < 4.78 is 9.91. The van der Waals surface area contributed by atoms with Crippen molar-refractivity contribution in [3.63, 3.8) is 0 Å². The Morgan fingerprint density at radius 2 is 2.33 bits per heavy atom. The van der Waals surface area contributed by atoms with E-state index < -0.39 is 0 Å². The summed E-state index contributed by atoms with van der Waals surface area (Å²) in [5.74, 6) is 2.36. The van der Waals surface area contributed by atoms with Gasteiger partial charge in [0, 0.05) is 7.11 Å². The number of terminal acetylenes is 1. The van der Waals surface area contributed by atoms with Crippen molar-refractivity contribution in [1.82, 2.24) is 0 Å². The first kappa shape index (κ1) is 8.48. The van der Waals surface area contributed by atoms with E-state index in [-0.39, 0.29) is 6.29 Å². The highest BCUT2D eigenvalue weighted by atomic mass is 16.7. The normalized spacial score (nSPS) is 12.6. The Bertz CT molecular complexity index is 89.6. The molecule has 0 heterocycles. The molecule has 0 N–H and O–H groups in total. The molecule has 0 aliphatic rings. The molecular weight excluding hydrogens is 116 g/mol. The molecule has 2 heteroatoms. The molecule has 1 unspecified atom stereocenters. The molecule has 0 saturated heterocycles. The maximum absolute atomic E-state index is 5.03. The van der Waals surface area contributed by atoms with Crippen LogP contribution < -0.4 is 0 Å². The molecule has 2 nitrogen and oxygen atoms in total. The molecule has 0 aliphatic heterocycles. The molecule has 0 saturated carbocycles. The zero-order valence-electron chi connectivity index (χ0n) is 5.89. The molecule has 0 aliphatic carbocycles. The Hall–Kier alpha value is -0.520. The molecule has 0 rings (SSSR count). The predicted molar refractivity (Wildman–Crippen MR) is 35.9 cm³/mol. The summed E-state index contributed by atoms with van der Waals surface area (Å²) in [7, 11) is 1.60. The first-order valence-electron chi connectivity index (χ1n) is 2.93. The summed E-state index contributed by atoms with van der Waals surface area (Å²) in [4.78, 5) is 0. The van der Waals surface area contributed by atoms with Gasteiger partial charge in [-0.3, -0.25) is 0 Å². The Morgan fingerprint density at radius 3 is 2.67 bits per heavy atom. The summed E-state index contributed by atoms with van der Waals surface area (Å²) in [6.07, 6.45) is 5.65. The van der Waals surface area contributed by atoms with E-state index in [0.29, 0.717) is 6.61 Å². The van der Waals surface area contributed by atoms with Gasteiger partial charge < -0.3 is 9.47 Å². The van der Waals surface area contributed by atoms with Crippen molar-refractivity contribution in [3.8, 4) is 12.3 Å². The monoisotopic (exact) mass is 128 g/mol. The third-order valence-electron chi connectivity index (χ3n) is 0.949. The second-order valence-corrected chi connectivity index (χ2v) is 1.59. The van der Waals surface area contributed by atoms with Gasteiger partial charge in [0.2, 0.25) is 0 Å². The molecular formula is C7H12O2. The summed E-state index contributed by atoms with van der Waals surface area (Å²) in [6.45, 7) is 2.30. The van der Waals surface area contributed by atoms with Gasteiger partial charge in [-0.15, -0.1) is 6.42 Å². The molecule has 0 bridgehead atoms. The first-order valence-corrected chi connectivity index (χ1v) is 2.93. The maximum atomic E-state index is 5.03. The van der Waals surface area contributed by atoms with Crippen molar-refractivity contribution < 1.29 is 9.47 Å². The van der Waals surface area contributed by atoms with Crippen molar-refractivity contribution >= 4 is 0 Å². The van der Waals surface area contributed by atoms with Crippen molar-refractivity contribution in [1.29, 1.82) is 0 Å². The minimum atomic E-state index is -0.138. The average molecular weight is 128 g/mol. The minimum Gasteiger partial charge on any atom is -0.356 e. The molecule has 0 aromatic heterocycles. The van der Waals surface area contributed by atoms with Crippen LogP contribution in [0.4, 0.5) is 0 Å². The van der Waals surface area contributed by atoms with E-state index in [4.69, 9.17) is 15.9 Å². The van der Waals surface area contributed by atoms with E-state index in [1.54, 1.807) is 7.11 Å². The molecule has 0 aromatic carbocycles. The van der Waals surface area contributed by atoms with E-state index in [0.717, 1.165) is 6.42 Å². The fraction of sp³-hybridized carbons (Fsp3) is 0.714. The smallest absolute Gasteiger partial charge is 0.158 e. The summed E-state index contributed by atoms with van der Waals surface area (Å²) >= 11 is 0. The number of rotatable bonds is 4. The lowest BCUT2D eigenvalue weighted by Gasteiger charge is -2.10. The first-order chi connectivity index (χ1) is 4.35. The molecule has 9 heavy (non-hydrogen) atoms. The van der Waals surface area contributed by atoms with Crippen molar-refractivity contribution in [3.05, 3.63) is 0 Å². The lowest BCUT2D eigenvalue weighted by molar-refractivity contribution is -0.114. The van der Waals surface area contributed by atoms with Gasteiger partial charge in [-0.2, -0.15) is 0 Å². The van der Waals surface area contributed by atoms with Gasteiger partial charge in [0.05, 0.1) is 0 Å². The summed E-state index contributed by atoms with van der Waals surface area (Å²) in [6, 6.07) is 0. The minimum absolute atomic E-state index is 0.138. The topological polar surface area (TPSA) is 18.5 Å². The van der Waals surface area contributed by atoms with E-state index in [1.165, 1.54) is 0 Å². The second-order valence-electron chi connectivity index (χ2n) is 1.59. The highest BCUT2D eigenvalue weighted by Crippen LogP contribution is 1.96. The Kier molecular flexibility index (Phi) is 5.29. The number of hydrogen-bond donors (Lipinski definition) is 0. The van der Waals surface area contributed by atoms with E-state index in [1.807, 2.05) is 6.92 Å². The quantitative estimate of drug-likeness (QED) is 0.415. The highest BCUT2D eigenvalue weighted by molar-refractivity contribution is 4.82.